The average Bonchev–Trinajstić information content (AvgIpc) is 2.78. The fourth-order valence-electron chi connectivity index (χ4n) is 3.49. The number of pyridine rings is 1. The molecule has 6 nitrogen and oxygen atoms in total. The van der Waals surface area contributed by atoms with Crippen molar-refractivity contribution in [3.63, 3.8) is 0 Å². The van der Waals surface area contributed by atoms with Crippen LogP contribution in [-0.2, 0) is 6.42 Å². The number of halogens is 3. The van der Waals surface area contributed by atoms with E-state index in [-0.39, 0.29) is 18.2 Å². The molecule has 0 bridgehead atoms. The van der Waals surface area contributed by atoms with Crippen LogP contribution in [0.15, 0.2) is 57.9 Å². The molecule has 2 aromatic heterocycles. The van der Waals surface area contributed by atoms with E-state index in [1.807, 2.05) is 6.92 Å². The molecule has 3 N–H and O–H groups in total. The third kappa shape index (κ3) is 5.26. The van der Waals surface area contributed by atoms with Crippen molar-refractivity contribution in [1.82, 2.24) is 15.0 Å². The SMILES string of the molecule is CCC(CO)Nc1cc2nc(Cc3ccc(-c4cc(F)cc(F)c4)nc3)[nH]c(=O)c2cc1Br. The van der Waals surface area contributed by atoms with Crippen molar-refractivity contribution in [3.05, 3.63) is 86.5 Å². The first-order chi connectivity index (χ1) is 15.9. The van der Waals surface area contributed by atoms with Gasteiger partial charge in [0.25, 0.3) is 5.56 Å². The molecule has 0 spiro atoms. The van der Waals surface area contributed by atoms with Gasteiger partial charge in [-0.3, -0.25) is 9.78 Å². The topological polar surface area (TPSA) is 90.9 Å². The van der Waals surface area contributed by atoms with E-state index in [9.17, 15) is 18.7 Å². The molecule has 0 saturated carbocycles. The van der Waals surface area contributed by atoms with Crippen molar-refractivity contribution < 1.29 is 13.9 Å². The molecule has 0 saturated heterocycles. The Morgan fingerprint density at radius 3 is 2.55 bits per heavy atom. The summed E-state index contributed by atoms with van der Waals surface area (Å²) in [4.78, 5) is 24.3. The number of aromatic amines is 1. The number of hydrogen-bond donors (Lipinski definition) is 3. The fourth-order valence-corrected chi connectivity index (χ4v) is 3.95. The number of hydrogen-bond acceptors (Lipinski definition) is 5. The Balaban J connectivity index is 1.61. The molecule has 2 aromatic carbocycles. The van der Waals surface area contributed by atoms with Gasteiger partial charge >= 0.3 is 0 Å². The van der Waals surface area contributed by atoms with Gasteiger partial charge in [0.1, 0.15) is 17.5 Å². The number of fused-ring (bicyclic) bond motifs is 1. The zero-order valence-corrected chi connectivity index (χ0v) is 19.3. The molecule has 0 aliphatic heterocycles. The lowest BCUT2D eigenvalue weighted by Crippen LogP contribution is -2.23. The summed E-state index contributed by atoms with van der Waals surface area (Å²) in [5.74, 6) is -0.876. The van der Waals surface area contributed by atoms with Gasteiger partial charge in [-0.15, -0.1) is 0 Å². The van der Waals surface area contributed by atoms with E-state index in [1.54, 1.807) is 30.5 Å². The number of aliphatic hydroxyl groups is 1. The van der Waals surface area contributed by atoms with Crippen LogP contribution in [-0.4, -0.2) is 32.7 Å². The van der Waals surface area contributed by atoms with Crippen molar-refractivity contribution in [2.24, 2.45) is 0 Å². The number of aliphatic hydroxyl groups excluding tert-OH is 1. The summed E-state index contributed by atoms with van der Waals surface area (Å²) in [7, 11) is 0. The number of rotatable bonds is 7. The molecule has 2 heterocycles. The Bertz CT molecular complexity index is 1340. The van der Waals surface area contributed by atoms with Crippen molar-refractivity contribution in [3.8, 4) is 11.3 Å². The van der Waals surface area contributed by atoms with Crippen LogP contribution in [0.1, 0.15) is 24.7 Å². The summed E-state index contributed by atoms with van der Waals surface area (Å²) in [5, 5.41) is 13.2. The maximum atomic E-state index is 13.5. The van der Waals surface area contributed by atoms with E-state index >= 15 is 0 Å². The lowest BCUT2D eigenvalue weighted by Gasteiger charge is -2.17. The Hall–Kier alpha value is -3.17. The maximum Gasteiger partial charge on any atom is 0.258 e. The summed E-state index contributed by atoms with van der Waals surface area (Å²) in [5.41, 5.74) is 2.55. The van der Waals surface area contributed by atoms with Crippen LogP contribution < -0.4 is 10.9 Å². The van der Waals surface area contributed by atoms with Crippen LogP contribution in [0, 0.1) is 11.6 Å². The highest BCUT2D eigenvalue weighted by molar-refractivity contribution is 9.10. The first-order valence-electron chi connectivity index (χ1n) is 10.4. The number of H-pyrrole nitrogens is 1. The van der Waals surface area contributed by atoms with Gasteiger partial charge in [0.05, 0.1) is 28.9 Å². The minimum atomic E-state index is -0.668. The quantitative estimate of drug-likeness (QED) is 0.329. The van der Waals surface area contributed by atoms with Crippen LogP contribution in [0.25, 0.3) is 22.2 Å². The summed E-state index contributed by atoms with van der Waals surface area (Å²) >= 11 is 3.47. The third-order valence-corrected chi connectivity index (χ3v) is 5.93. The van der Waals surface area contributed by atoms with Gasteiger partial charge in [-0.05, 0) is 58.2 Å². The second-order valence-electron chi connectivity index (χ2n) is 7.68. The van der Waals surface area contributed by atoms with Crippen LogP contribution in [0.4, 0.5) is 14.5 Å². The molecule has 4 aromatic rings. The summed E-state index contributed by atoms with van der Waals surface area (Å²) < 4.78 is 27.7. The molecular formula is C24H21BrF2N4O2. The van der Waals surface area contributed by atoms with Crippen molar-refractivity contribution >= 4 is 32.5 Å². The lowest BCUT2D eigenvalue weighted by molar-refractivity contribution is 0.272. The van der Waals surface area contributed by atoms with E-state index in [1.165, 1.54) is 12.1 Å². The second-order valence-corrected chi connectivity index (χ2v) is 8.53. The van der Waals surface area contributed by atoms with Crippen LogP contribution in [0.2, 0.25) is 0 Å². The number of benzene rings is 2. The molecule has 170 valence electrons. The standard InChI is InChI=1S/C24H21BrF2N4O2/c1-2-17(12-32)29-22-10-21-18(9-19(22)25)24(33)31-23(30-21)5-13-3-4-20(28-11-13)14-6-15(26)8-16(27)7-14/h3-4,6-11,17,29,32H,2,5,12H2,1H3,(H,30,31,33). The van der Waals surface area contributed by atoms with E-state index in [0.717, 1.165) is 23.7 Å². The van der Waals surface area contributed by atoms with Crippen LogP contribution >= 0.6 is 15.9 Å². The predicted octanol–water partition coefficient (Wildman–Crippen LogP) is 4.80. The fraction of sp³-hybridized carbons (Fsp3) is 0.208. The third-order valence-electron chi connectivity index (χ3n) is 5.27. The van der Waals surface area contributed by atoms with Gasteiger partial charge < -0.3 is 15.4 Å². The number of nitrogens with zero attached hydrogens (tertiary/aromatic N) is 2. The number of nitrogens with one attached hydrogen (secondary N) is 2. The molecule has 33 heavy (non-hydrogen) atoms. The van der Waals surface area contributed by atoms with Crippen molar-refractivity contribution in [2.75, 3.05) is 11.9 Å². The minimum Gasteiger partial charge on any atom is -0.394 e. The van der Waals surface area contributed by atoms with Gasteiger partial charge in [-0.1, -0.05) is 13.0 Å². The number of aromatic nitrogens is 3. The van der Waals surface area contributed by atoms with Crippen LogP contribution in [0.5, 0.6) is 0 Å². The molecule has 0 fully saturated rings. The second kappa shape index (κ2) is 9.76. The molecule has 1 unspecified atom stereocenters. The van der Waals surface area contributed by atoms with E-state index in [0.29, 0.717) is 38.9 Å². The van der Waals surface area contributed by atoms with E-state index in [4.69, 9.17) is 0 Å². The van der Waals surface area contributed by atoms with E-state index < -0.39 is 11.6 Å². The van der Waals surface area contributed by atoms with E-state index in [2.05, 4.69) is 36.2 Å². The summed E-state index contributed by atoms with van der Waals surface area (Å²) in [6, 6.07) is 10.1. The monoisotopic (exact) mass is 514 g/mol. The van der Waals surface area contributed by atoms with Gasteiger partial charge in [-0.25, -0.2) is 13.8 Å². The Morgan fingerprint density at radius 1 is 1.15 bits per heavy atom. The van der Waals surface area contributed by atoms with Crippen molar-refractivity contribution in [1.29, 1.82) is 0 Å². The normalized spacial score (nSPS) is 12.2. The molecule has 4 rings (SSSR count). The zero-order valence-electron chi connectivity index (χ0n) is 17.7. The summed E-state index contributed by atoms with van der Waals surface area (Å²) in [6.07, 6.45) is 2.65. The Morgan fingerprint density at radius 2 is 1.91 bits per heavy atom. The maximum absolute atomic E-state index is 13.5. The van der Waals surface area contributed by atoms with Gasteiger partial charge in [0.15, 0.2) is 0 Å². The zero-order chi connectivity index (χ0) is 23.5. The van der Waals surface area contributed by atoms with Gasteiger partial charge in [0, 0.05) is 34.8 Å². The molecule has 9 heteroatoms. The lowest BCUT2D eigenvalue weighted by atomic mass is 10.1. The number of anilines is 1. The van der Waals surface area contributed by atoms with Gasteiger partial charge in [0.2, 0.25) is 0 Å². The molecule has 0 radical (unpaired) electrons. The Labute approximate surface area is 196 Å². The molecule has 1 atom stereocenters. The molecular weight excluding hydrogens is 494 g/mol. The highest BCUT2D eigenvalue weighted by atomic mass is 79.9. The van der Waals surface area contributed by atoms with Crippen molar-refractivity contribution in [2.45, 2.75) is 25.8 Å². The predicted molar refractivity (Wildman–Crippen MR) is 127 cm³/mol. The summed E-state index contributed by atoms with van der Waals surface area (Å²) in [6.45, 7) is 1.95. The average molecular weight is 515 g/mol. The van der Waals surface area contributed by atoms with Gasteiger partial charge in [-0.2, -0.15) is 0 Å². The smallest absolute Gasteiger partial charge is 0.258 e. The minimum absolute atomic E-state index is 0.0136. The van der Waals surface area contributed by atoms with Crippen LogP contribution in [0.3, 0.4) is 0 Å². The largest absolute Gasteiger partial charge is 0.394 e. The first-order valence-corrected chi connectivity index (χ1v) is 11.2. The Kier molecular flexibility index (Phi) is 6.80. The highest BCUT2D eigenvalue weighted by Gasteiger charge is 2.12. The molecule has 0 amide bonds. The molecule has 0 aliphatic carbocycles. The first kappa shape index (κ1) is 23.0. The molecule has 0 aliphatic rings. The highest BCUT2D eigenvalue weighted by Crippen LogP contribution is 2.27.